The lowest BCUT2D eigenvalue weighted by atomic mass is 9.49. The van der Waals surface area contributed by atoms with Crippen LogP contribution in [0.15, 0.2) is 24.5 Å². The van der Waals surface area contributed by atoms with Gasteiger partial charge >= 0.3 is 0 Å². The van der Waals surface area contributed by atoms with Gasteiger partial charge in [0.05, 0.1) is 16.9 Å². The molecule has 23 heavy (non-hydrogen) atoms. The van der Waals surface area contributed by atoms with Crippen molar-refractivity contribution in [2.24, 2.45) is 22.7 Å². The molecule has 0 unspecified atom stereocenters. The predicted molar refractivity (Wildman–Crippen MR) is 86.5 cm³/mol. The van der Waals surface area contributed by atoms with Crippen LogP contribution in [0.3, 0.4) is 0 Å². The molecule has 3 rings (SSSR count). The summed E-state index contributed by atoms with van der Waals surface area (Å²) in [7, 11) is 0. The summed E-state index contributed by atoms with van der Waals surface area (Å²) in [6.07, 6.45) is 4.80. The third-order valence-corrected chi connectivity index (χ3v) is 6.20. The molecule has 1 heterocycles. The van der Waals surface area contributed by atoms with Gasteiger partial charge in [0.15, 0.2) is 11.6 Å². The molecule has 0 aromatic heterocycles. The Hall–Kier alpha value is -1.42. The van der Waals surface area contributed by atoms with E-state index in [0.717, 1.165) is 6.42 Å². The highest BCUT2D eigenvalue weighted by Gasteiger charge is 2.66. The summed E-state index contributed by atoms with van der Waals surface area (Å²) in [6, 6.07) is 0. The maximum absolute atomic E-state index is 13.2. The smallest absolute Gasteiger partial charge is 0.170 e. The van der Waals surface area contributed by atoms with Gasteiger partial charge < -0.3 is 9.84 Å². The van der Waals surface area contributed by atoms with Crippen LogP contribution in [0, 0.1) is 22.7 Å². The molecule has 4 atom stereocenters. The van der Waals surface area contributed by atoms with Crippen molar-refractivity contribution < 1.29 is 19.4 Å². The number of hydrogen-bond donors (Lipinski definition) is 1. The van der Waals surface area contributed by atoms with Gasteiger partial charge in [-0.05, 0) is 38.0 Å². The highest BCUT2D eigenvalue weighted by molar-refractivity contribution is 6.15. The Morgan fingerprint density at radius 3 is 2.61 bits per heavy atom. The second-order valence-corrected chi connectivity index (χ2v) is 8.50. The fourth-order valence-electron chi connectivity index (χ4n) is 4.63. The van der Waals surface area contributed by atoms with E-state index in [-0.39, 0.29) is 22.9 Å². The minimum atomic E-state index is -1.05. The summed E-state index contributed by atoms with van der Waals surface area (Å²) in [5, 5.41) is 10.3. The number of rotatable bonds is 3. The van der Waals surface area contributed by atoms with Gasteiger partial charge in [-0.1, -0.05) is 19.9 Å². The van der Waals surface area contributed by atoms with Crippen LogP contribution in [0.2, 0.25) is 0 Å². The Balaban J connectivity index is 2.10. The van der Waals surface area contributed by atoms with Gasteiger partial charge in [0.1, 0.15) is 11.9 Å². The number of hydrogen-bond acceptors (Lipinski definition) is 4. The largest absolute Gasteiger partial charge is 0.491 e. The molecule has 4 heteroatoms. The highest BCUT2D eigenvalue weighted by Crippen LogP contribution is 2.61. The molecule has 4 nitrogen and oxygen atoms in total. The lowest BCUT2D eigenvalue weighted by Gasteiger charge is -2.51. The third-order valence-electron chi connectivity index (χ3n) is 6.20. The molecule has 126 valence electrons. The average Bonchev–Trinajstić information content (AvgIpc) is 2.76. The van der Waals surface area contributed by atoms with Crippen molar-refractivity contribution in [2.75, 3.05) is 0 Å². The molecule has 1 aliphatic heterocycles. The summed E-state index contributed by atoms with van der Waals surface area (Å²) in [5.41, 5.74) is -2.18. The molecule has 2 aliphatic carbocycles. The summed E-state index contributed by atoms with van der Waals surface area (Å²) in [5.74, 6) is -0.123. The van der Waals surface area contributed by atoms with E-state index in [2.05, 4.69) is 6.58 Å². The van der Waals surface area contributed by atoms with Crippen LogP contribution in [0.4, 0.5) is 0 Å². The number of carbonyl (C=O) groups excluding carboxylic acids is 2. The van der Waals surface area contributed by atoms with Crippen molar-refractivity contribution in [3.8, 4) is 0 Å². The molecule has 2 bridgehead atoms. The van der Waals surface area contributed by atoms with Crippen LogP contribution in [0.5, 0.6) is 0 Å². The van der Waals surface area contributed by atoms with Crippen molar-refractivity contribution in [3.63, 3.8) is 0 Å². The standard InChI is InChI=1S/C19H26O4/c1-6-7-11-9-19-10-14(18(4,5)22)23-13(19)8-12(20)15(16(19)21)17(11,2)3/h6,8,11,14-15,22H,1,7,9-10H2,2-5H3/t11-,14-,15-,19-/m0/s1. The average molecular weight is 318 g/mol. The zero-order valence-electron chi connectivity index (χ0n) is 14.4. The number of allylic oxidation sites excluding steroid dienone is 3. The number of ether oxygens (including phenoxy) is 1. The van der Waals surface area contributed by atoms with Gasteiger partial charge in [-0.2, -0.15) is 0 Å². The van der Waals surface area contributed by atoms with E-state index in [9.17, 15) is 14.7 Å². The molecule has 0 radical (unpaired) electrons. The molecule has 3 aliphatic rings. The molecule has 1 spiro atoms. The Bertz CT molecular complexity index is 607. The molecule has 0 amide bonds. The van der Waals surface area contributed by atoms with E-state index < -0.39 is 23.0 Å². The first-order chi connectivity index (χ1) is 10.5. The molecular weight excluding hydrogens is 292 g/mol. The van der Waals surface area contributed by atoms with Gasteiger partial charge in [0, 0.05) is 12.5 Å². The Morgan fingerprint density at radius 2 is 2.04 bits per heavy atom. The number of aliphatic hydroxyl groups is 1. The van der Waals surface area contributed by atoms with E-state index in [4.69, 9.17) is 4.74 Å². The highest BCUT2D eigenvalue weighted by atomic mass is 16.5. The molecule has 1 N–H and O–H groups in total. The van der Waals surface area contributed by atoms with E-state index in [1.165, 1.54) is 6.08 Å². The summed E-state index contributed by atoms with van der Waals surface area (Å²) in [4.78, 5) is 25.8. The minimum Gasteiger partial charge on any atom is -0.491 e. The second kappa shape index (κ2) is 4.79. The number of fused-ring (bicyclic) bond motifs is 1. The van der Waals surface area contributed by atoms with E-state index in [1.54, 1.807) is 13.8 Å². The van der Waals surface area contributed by atoms with Gasteiger partial charge in [0.2, 0.25) is 0 Å². The third kappa shape index (κ3) is 2.14. The fourth-order valence-corrected chi connectivity index (χ4v) is 4.63. The van der Waals surface area contributed by atoms with Gasteiger partial charge in [-0.15, -0.1) is 6.58 Å². The quantitative estimate of drug-likeness (QED) is 0.642. The van der Waals surface area contributed by atoms with Gasteiger partial charge in [0.25, 0.3) is 0 Å². The normalized spacial score (nSPS) is 38.7. The Morgan fingerprint density at radius 1 is 1.39 bits per heavy atom. The first-order valence-corrected chi connectivity index (χ1v) is 8.34. The molecule has 2 fully saturated rings. The maximum Gasteiger partial charge on any atom is 0.170 e. The number of carbonyl (C=O) groups is 2. The monoisotopic (exact) mass is 318 g/mol. The lowest BCUT2D eigenvalue weighted by Crippen LogP contribution is -2.57. The van der Waals surface area contributed by atoms with Crippen molar-refractivity contribution in [3.05, 3.63) is 24.5 Å². The fraction of sp³-hybridized carbons (Fsp3) is 0.684. The first-order valence-electron chi connectivity index (χ1n) is 8.34. The zero-order chi connectivity index (χ0) is 17.2. The summed E-state index contributed by atoms with van der Waals surface area (Å²) in [6.45, 7) is 11.2. The van der Waals surface area contributed by atoms with Crippen LogP contribution in [-0.2, 0) is 14.3 Å². The van der Waals surface area contributed by atoms with Crippen molar-refractivity contribution >= 4 is 11.6 Å². The van der Waals surface area contributed by atoms with Crippen molar-refractivity contribution in [1.29, 1.82) is 0 Å². The predicted octanol–water partition coefficient (Wildman–Crippen LogP) is 2.81. The lowest BCUT2D eigenvalue weighted by molar-refractivity contribution is -0.152. The molecule has 0 aromatic carbocycles. The Kier molecular flexibility index (Phi) is 3.42. The van der Waals surface area contributed by atoms with Crippen LogP contribution < -0.4 is 0 Å². The summed E-state index contributed by atoms with van der Waals surface area (Å²) >= 11 is 0. The first kappa shape index (κ1) is 16.4. The van der Waals surface area contributed by atoms with Gasteiger partial charge in [-0.25, -0.2) is 0 Å². The number of Topliss-reactive ketones (excluding diaryl/α,β-unsaturated/α-hetero) is 1. The van der Waals surface area contributed by atoms with E-state index in [1.807, 2.05) is 19.9 Å². The Labute approximate surface area is 137 Å². The van der Waals surface area contributed by atoms with Crippen molar-refractivity contribution in [2.45, 2.75) is 58.7 Å². The molecular formula is C19H26O4. The van der Waals surface area contributed by atoms with Gasteiger partial charge in [-0.3, -0.25) is 9.59 Å². The SMILES string of the molecule is C=CC[C@H]1C[C@]23C[C@@H](C(C)(C)O)OC2=CC(=O)[C@@H](C3=O)C1(C)C. The molecule has 1 saturated carbocycles. The topological polar surface area (TPSA) is 63.6 Å². The van der Waals surface area contributed by atoms with Crippen LogP contribution >= 0.6 is 0 Å². The molecule has 0 aromatic rings. The zero-order valence-corrected chi connectivity index (χ0v) is 14.4. The number of ketones is 2. The molecule has 1 saturated heterocycles. The van der Waals surface area contributed by atoms with E-state index >= 15 is 0 Å². The second-order valence-electron chi connectivity index (χ2n) is 8.50. The van der Waals surface area contributed by atoms with E-state index in [0.29, 0.717) is 18.6 Å². The van der Waals surface area contributed by atoms with Crippen LogP contribution in [-0.4, -0.2) is 28.4 Å². The summed E-state index contributed by atoms with van der Waals surface area (Å²) < 4.78 is 5.89. The van der Waals surface area contributed by atoms with Crippen LogP contribution in [0.25, 0.3) is 0 Å². The van der Waals surface area contributed by atoms with Crippen molar-refractivity contribution in [1.82, 2.24) is 0 Å². The van der Waals surface area contributed by atoms with Crippen LogP contribution in [0.1, 0.15) is 47.0 Å². The minimum absolute atomic E-state index is 0.0166. The maximum atomic E-state index is 13.2.